The SMILES string of the molecule is Clc1cccn2nc(C3CCCC3)nc12. The molecule has 2 heterocycles. The van der Waals surface area contributed by atoms with Crippen LogP contribution >= 0.6 is 11.6 Å². The molecule has 2 aromatic rings. The predicted molar refractivity (Wildman–Crippen MR) is 59.2 cm³/mol. The van der Waals surface area contributed by atoms with Gasteiger partial charge in [0, 0.05) is 12.1 Å². The average Bonchev–Trinajstić information content (AvgIpc) is 2.86. The van der Waals surface area contributed by atoms with Crippen molar-refractivity contribution in [1.29, 1.82) is 0 Å². The lowest BCUT2D eigenvalue weighted by Crippen LogP contribution is -1.95. The molecule has 78 valence electrons. The van der Waals surface area contributed by atoms with Crippen molar-refractivity contribution in [2.24, 2.45) is 0 Å². The van der Waals surface area contributed by atoms with Crippen molar-refractivity contribution in [1.82, 2.24) is 14.6 Å². The number of rotatable bonds is 1. The van der Waals surface area contributed by atoms with E-state index in [1.165, 1.54) is 25.7 Å². The molecule has 0 saturated heterocycles. The van der Waals surface area contributed by atoms with Crippen LogP contribution in [0.2, 0.25) is 5.02 Å². The van der Waals surface area contributed by atoms with Crippen molar-refractivity contribution in [3.8, 4) is 0 Å². The Morgan fingerprint density at radius 2 is 2.13 bits per heavy atom. The van der Waals surface area contributed by atoms with Crippen LogP contribution < -0.4 is 0 Å². The quantitative estimate of drug-likeness (QED) is 0.741. The van der Waals surface area contributed by atoms with Crippen LogP contribution in [-0.4, -0.2) is 14.6 Å². The fourth-order valence-corrected chi connectivity index (χ4v) is 2.45. The van der Waals surface area contributed by atoms with Crippen molar-refractivity contribution in [3.63, 3.8) is 0 Å². The number of pyridine rings is 1. The van der Waals surface area contributed by atoms with E-state index in [9.17, 15) is 0 Å². The van der Waals surface area contributed by atoms with E-state index in [1.807, 2.05) is 18.3 Å². The first-order valence-electron chi connectivity index (χ1n) is 5.35. The second kappa shape index (κ2) is 3.49. The third-order valence-corrected chi connectivity index (χ3v) is 3.35. The van der Waals surface area contributed by atoms with Gasteiger partial charge in [-0.25, -0.2) is 9.50 Å². The Bertz CT molecular complexity index is 486. The van der Waals surface area contributed by atoms with E-state index >= 15 is 0 Å². The molecule has 0 N–H and O–H groups in total. The Morgan fingerprint density at radius 1 is 1.33 bits per heavy atom. The molecule has 0 amide bonds. The zero-order valence-electron chi connectivity index (χ0n) is 8.36. The van der Waals surface area contributed by atoms with Crippen LogP contribution in [0.15, 0.2) is 18.3 Å². The normalized spacial score (nSPS) is 17.7. The fraction of sp³-hybridized carbons (Fsp3) is 0.455. The van der Waals surface area contributed by atoms with Gasteiger partial charge in [-0.3, -0.25) is 0 Å². The second-order valence-corrected chi connectivity index (χ2v) is 4.48. The van der Waals surface area contributed by atoms with E-state index in [0.717, 1.165) is 11.5 Å². The van der Waals surface area contributed by atoms with Gasteiger partial charge < -0.3 is 0 Å². The zero-order chi connectivity index (χ0) is 10.3. The minimum Gasteiger partial charge on any atom is -0.219 e. The predicted octanol–water partition coefficient (Wildman–Crippen LogP) is 3.04. The number of halogens is 1. The summed E-state index contributed by atoms with van der Waals surface area (Å²) >= 11 is 6.05. The first-order valence-corrected chi connectivity index (χ1v) is 5.73. The standard InChI is InChI=1S/C11H12ClN3/c12-9-6-3-7-15-11(9)13-10(14-15)8-4-1-2-5-8/h3,6-8H,1-2,4-5H2. The Balaban J connectivity index is 2.09. The molecule has 1 aliphatic rings. The number of fused-ring (bicyclic) bond motifs is 1. The highest BCUT2D eigenvalue weighted by molar-refractivity contribution is 6.33. The maximum Gasteiger partial charge on any atom is 0.174 e. The molecule has 0 bridgehead atoms. The summed E-state index contributed by atoms with van der Waals surface area (Å²) in [5, 5.41) is 5.15. The third-order valence-electron chi connectivity index (χ3n) is 3.05. The van der Waals surface area contributed by atoms with Crippen LogP contribution in [0.3, 0.4) is 0 Å². The van der Waals surface area contributed by atoms with Crippen molar-refractivity contribution >= 4 is 17.2 Å². The molecule has 3 nitrogen and oxygen atoms in total. The number of nitrogens with zero attached hydrogens (tertiary/aromatic N) is 3. The van der Waals surface area contributed by atoms with Crippen LogP contribution in [0.5, 0.6) is 0 Å². The van der Waals surface area contributed by atoms with E-state index in [4.69, 9.17) is 11.6 Å². The third kappa shape index (κ3) is 1.51. The Hall–Kier alpha value is -1.09. The topological polar surface area (TPSA) is 30.2 Å². The summed E-state index contributed by atoms with van der Waals surface area (Å²) in [6.45, 7) is 0. The first kappa shape index (κ1) is 9.16. The maximum absolute atomic E-state index is 6.05. The summed E-state index contributed by atoms with van der Waals surface area (Å²) in [7, 11) is 0. The molecule has 1 fully saturated rings. The number of hydrogen-bond acceptors (Lipinski definition) is 2. The van der Waals surface area contributed by atoms with Gasteiger partial charge in [0.15, 0.2) is 11.5 Å². The van der Waals surface area contributed by atoms with Crippen LogP contribution in [0.1, 0.15) is 37.4 Å². The van der Waals surface area contributed by atoms with Crippen molar-refractivity contribution < 1.29 is 0 Å². The molecule has 1 saturated carbocycles. The summed E-state index contributed by atoms with van der Waals surface area (Å²) in [6.07, 6.45) is 6.93. The van der Waals surface area contributed by atoms with Gasteiger partial charge in [0.25, 0.3) is 0 Å². The minimum atomic E-state index is 0.543. The van der Waals surface area contributed by atoms with Crippen LogP contribution in [0, 0.1) is 0 Å². The maximum atomic E-state index is 6.05. The molecule has 2 aromatic heterocycles. The van der Waals surface area contributed by atoms with E-state index in [0.29, 0.717) is 10.9 Å². The van der Waals surface area contributed by atoms with Gasteiger partial charge in [-0.15, -0.1) is 0 Å². The molecule has 0 unspecified atom stereocenters. The molecular formula is C11H12ClN3. The number of hydrogen-bond donors (Lipinski definition) is 0. The number of aromatic nitrogens is 3. The van der Waals surface area contributed by atoms with Gasteiger partial charge in [0.05, 0.1) is 5.02 Å². The summed E-state index contributed by atoms with van der Waals surface area (Å²) in [6, 6.07) is 3.74. The first-order chi connectivity index (χ1) is 7.34. The molecule has 0 radical (unpaired) electrons. The summed E-state index contributed by atoms with van der Waals surface area (Å²) < 4.78 is 1.77. The minimum absolute atomic E-state index is 0.543. The lowest BCUT2D eigenvalue weighted by Gasteiger charge is -2.00. The zero-order valence-corrected chi connectivity index (χ0v) is 9.11. The van der Waals surface area contributed by atoms with Gasteiger partial charge in [-0.05, 0) is 25.0 Å². The Labute approximate surface area is 93.1 Å². The molecule has 0 aliphatic heterocycles. The summed E-state index contributed by atoms with van der Waals surface area (Å²) in [4.78, 5) is 4.51. The molecule has 15 heavy (non-hydrogen) atoms. The molecule has 0 spiro atoms. The van der Waals surface area contributed by atoms with E-state index in [-0.39, 0.29) is 0 Å². The summed E-state index contributed by atoms with van der Waals surface area (Å²) in [5.41, 5.74) is 0.779. The summed E-state index contributed by atoms with van der Waals surface area (Å²) in [5.74, 6) is 1.50. The van der Waals surface area contributed by atoms with Gasteiger partial charge in [0.1, 0.15) is 0 Å². The van der Waals surface area contributed by atoms with Crippen molar-refractivity contribution in [2.75, 3.05) is 0 Å². The monoisotopic (exact) mass is 221 g/mol. The lowest BCUT2D eigenvalue weighted by atomic mass is 10.1. The van der Waals surface area contributed by atoms with Gasteiger partial charge in [0.2, 0.25) is 0 Å². The van der Waals surface area contributed by atoms with Crippen LogP contribution in [-0.2, 0) is 0 Å². The highest BCUT2D eigenvalue weighted by Gasteiger charge is 2.21. The van der Waals surface area contributed by atoms with Crippen molar-refractivity contribution in [2.45, 2.75) is 31.6 Å². The molecule has 0 atom stereocenters. The van der Waals surface area contributed by atoms with Gasteiger partial charge >= 0.3 is 0 Å². The van der Waals surface area contributed by atoms with Crippen LogP contribution in [0.25, 0.3) is 5.65 Å². The molecule has 3 rings (SSSR count). The van der Waals surface area contributed by atoms with Crippen molar-refractivity contribution in [3.05, 3.63) is 29.2 Å². The highest BCUT2D eigenvalue weighted by atomic mass is 35.5. The smallest absolute Gasteiger partial charge is 0.174 e. The fourth-order valence-electron chi connectivity index (χ4n) is 2.25. The molecule has 4 heteroatoms. The molecule has 1 aliphatic carbocycles. The van der Waals surface area contributed by atoms with E-state index < -0.39 is 0 Å². The van der Waals surface area contributed by atoms with E-state index in [1.54, 1.807) is 4.52 Å². The second-order valence-electron chi connectivity index (χ2n) is 4.08. The Kier molecular flexibility index (Phi) is 2.13. The lowest BCUT2D eigenvalue weighted by molar-refractivity contribution is 0.666. The Morgan fingerprint density at radius 3 is 2.87 bits per heavy atom. The average molecular weight is 222 g/mol. The molecular weight excluding hydrogens is 210 g/mol. The van der Waals surface area contributed by atoms with E-state index in [2.05, 4.69) is 10.1 Å². The van der Waals surface area contributed by atoms with Crippen LogP contribution in [0.4, 0.5) is 0 Å². The highest BCUT2D eigenvalue weighted by Crippen LogP contribution is 2.32. The largest absolute Gasteiger partial charge is 0.219 e. The van der Waals surface area contributed by atoms with Gasteiger partial charge in [-0.1, -0.05) is 24.4 Å². The molecule has 0 aromatic carbocycles. The van der Waals surface area contributed by atoms with Gasteiger partial charge in [-0.2, -0.15) is 5.10 Å².